The first kappa shape index (κ1) is 10.6. The van der Waals surface area contributed by atoms with Crippen LogP contribution in [0.3, 0.4) is 0 Å². The highest BCUT2D eigenvalue weighted by Crippen LogP contribution is 2.16. The van der Waals surface area contributed by atoms with Crippen molar-refractivity contribution in [2.24, 2.45) is 7.05 Å². The van der Waals surface area contributed by atoms with Crippen LogP contribution < -0.4 is 0 Å². The number of nitrogens with zero attached hydrogens (tertiary/aromatic N) is 3. The van der Waals surface area contributed by atoms with Crippen molar-refractivity contribution in [2.45, 2.75) is 12.8 Å². The van der Waals surface area contributed by atoms with Crippen molar-refractivity contribution in [3.8, 4) is 0 Å². The lowest BCUT2D eigenvalue weighted by Gasteiger charge is -2.13. The van der Waals surface area contributed by atoms with Crippen molar-refractivity contribution in [1.82, 2.24) is 14.7 Å². The van der Waals surface area contributed by atoms with E-state index in [-0.39, 0.29) is 5.78 Å². The maximum atomic E-state index is 11.9. The monoisotopic (exact) mass is 227 g/mol. The summed E-state index contributed by atoms with van der Waals surface area (Å²) in [6.07, 6.45) is 3.89. The lowest BCUT2D eigenvalue weighted by Crippen LogP contribution is -2.28. The molecule has 0 amide bonds. The van der Waals surface area contributed by atoms with Gasteiger partial charge in [-0.2, -0.15) is 5.10 Å². The molecule has 1 fully saturated rings. The molecule has 5 heteroatoms. The van der Waals surface area contributed by atoms with Crippen LogP contribution in [0.15, 0.2) is 6.20 Å². The average molecular weight is 228 g/mol. The van der Waals surface area contributed by atoms with Gasteiger partial charge in [0.25, 0.3) is 0 Å². The summed E-state index contributed by atoms with van der Waals surface area (Å²) < 4.78 is 1.54. The predicted octanol–water partition coefficient (Wildman–Crippen LogP) is 1.35. The maximum Gasteiger partial charge on any atom is 0.196 e. The number of likely N-dealkylation sites (tertiary alicyclic amines) is 1. The van der Waals surface area contributed by atoms with Gasteiger partial charge in [-0.3, -0.25) is 14.4 Å². The summed E-state index contributed by atoms with van der Waals surface area (Å²) in [5.41, 5.74) is 0.517. The number of aryl methyl sites for hydroxylation is 1. The zero-order valence-electron chi connectivity index (χ0n) is 8.74. The fourth-order valence-electron chi connectivity index (χ4n) is 1.94. The van der Waals surface area contributed by atoms with Gasteiger partial charge in [0, 0.05) is 7.05 Å². The number of carbonyl (C=O) groups excluding carboxylic acids is 1. The van der Waals surface area contributed by atoms with Crippen LogP contribution >= 0.6 is 11.6 Å². The van der Waals surface area contributed by atoms with Crippen LogP contribution in [0.4, 0.5) is 0 Å². The largest absolute Gasteiger partial charge is 0.296 e. The van der Waals surface area contributed by atoms with Crippen molar-refractivity contribution in [2.75, 3.05) is 19.6 Å². The molecule has 15 heavy (non-hydrogen) atoms. The first-order valence-corrected chi connectivity index (χ1v) is 5.49. The lowest BCUT2D eigenvalue weighted by atomic mass is 10.2. The van der Waals surface area contributed by atoms with Gasteiger partial charge in [-0.25, -0.2) is 0 Å². The van der Waals surface area contributed by atoms with Gasteiger partial charge in [0.05, 0.1) is 17.8 Å². The Morgan fingerprint density at radius 3 is 2.73 bits per heavy atom. The summed E-state index contributed by atoms with van der Waals surface area (Å²) in [7, 11) is 1.74. The first-order valence-electron chi connectivity index (χ1n) is 5.11. The number of carbonyl (C=O) groups is 1. The van der Waals surface area contributed by atoms with E-state index in [1.807, 2.05) is 0 Å². The maximum absolute atomic E-state index is 11.9. The Balaban J connectivity index is 2.07. The molecule has 0 aromatic carbocycles. The Hall–Kier alpha value is -0.870. The Labute approximate surface area is 93.8 Å². The van der Waals surface area contributed by atoms with Crippen molar-refractivity contribution >= 4 is 17.4 Å². The molecule has 0 saturated carbocycles. The predicted molar refractivity (Wildman–Crippen MR) is 58.2 cm³/mol. The minimum atomic E-state index is 0.0573. The topological polar surface area (TPSA) is 38.1 Å². The van der Waals surface area contributed by atoms with E-state index >= 15 is 0 Å². The SMILES string of the molecule is Cn1ncc(Cl)c1C(=O)CN1CCCC1. The zero-order chi connectivity index (χ0) is 10.8. The molecule has 1 aliphatic rings. The number of Topliss-reactive ketones (excluding diaryl/α,β-unsaturated/α-hetero) is 1. The standard InChI is InChI=1S/C10H14ClN3O/c1-13-10(8(11)6-12-13)9(15)7-14-4-2-3-5-14/h6H,2-5,7H2,1H3. The average Bonchev–Trinajstić information content (AvgIpc) is 2.77. The van der Waals surface area contributed by atoms with E-state index in [2.05, 4.69) is 10.00 Å². The van der Waals surface area contributed by atoms with Gasteiger partial charge in [-0.1, -0.05) is 11.6 Å². The van der Waals surface area contributed by atoms with Crippen LogP contribution in [-0.4, -0.2) is 40.1 Å². The number of aromatic nitrogens is 2. The van der Waals surface area contributed by atoms with Gasteiger partial charge in [-0.15, -0.1) is 0 Å². The van der Waals surface area contributed by atoms with Gasteiger partial charge in [0.2, 0.25) is 0 Å². The molecule has 0 aliphatic carbocycles. The summed E-state index contributed by atoms with van der Waals surface area (Å²) in [5.74, 6) is 0.0573. The molecule has 0 N–H and O–H groups in total. The summed E-state index contributed by atoms with van der Waals surface area (Å²) in [4.78, 5) is 14.1. The second kappa shape index (κ2) is 4.33. The van der Waals surface area contributed by atoms with Crippen molar-refractivity contribution in [3.05, 3.63) is 16.9 Å². The molecule has 0 atom stereocenters. The van der Waals surface area contributed by atoms with Crippen LogP contribution in [0.25, 0.3) is 0 Å². The van der Waals surface area contributed by atoms with E-state index in [1.165, 1.54) is 19.0 Å². The lowest BCUT2D eigenvalue weighted by molar-refractivity contribution is 0.0936. The summed E-state index contributed by atoms with van der Waals surface area (Å²) >= 11 is 5.90. The fraction of sp³-hybridized carbons (Fsp3) is 0.600. The second-order valence-corrected chi connectivity index (χ2v) is 4.28. The second-order valence-electron chi connectivity index (χ2n) is 3.87. The number of ketones is 1. The summed E-state index contributed by atoms with van der Waals surface area (Å²) in [6.45, 7) is 2.49. The number of halogens is 1. The van der Waals surface area contributed by atoms with E-state index in [1.54, 1.807) is 11.7 Å². The van der Waals surface area contributed by atoms with E-state index in [9.17, 15) is 4.79 Å². The van der Waals surface area contributed by atoms with Crippen LogP contribution in [0.1, 0.15) is 23.3 Å². The van der Waals surface area contributed by atoms with Crippen LogP contribution in [0.2, 0.25) is 5.02 Å². The van der Waals surface area contributed by atoms with Gasteiger partial charge >= 0.3 is 0 Å². The third-order valence-corrected chi connectivity index (χ3v) is 3.00. The molecule has 4 nitrogen and oxygen atoms in total. The van der Waals surface area contributed by atoms with Crippen molar-refractivity contribution in [3.63, 3.8) is 0 Å². The number of hydrogen-bond donors (Lipinski definition) is 0. The van der Waals surface area contributed by atoms with E-state index < -0.39 is 0 Å². The zero-order valence-corrected chi connectivity index (χ0v) is 9.50. The molecule has 0 unspecified atom stereocenters. The molecule has 2 rings (SSSR count). The highest BCUT2D eigenvalue weighted by Gasteiger charge is 2.20. The molecule has 0 bridgehead atoms. The number of hydrogen-bond acceptors (Lipinski definition) is 3. The van der Waals surface area contributed by atoms with E-state index in [0.717, 1.165) is 13.1 Å². The Bertz CT molecular complexity index is 349. The van der Waals surface area contributed by atoms with Gasteiger partial charge in [0.15, 0.2) is 5.78 Å². The third-order valence-electron chi connectivity index (χ3n) is 2.72. The smallest absolute Gasteiger partial charge is 0.196 e. The summed E-state index contributed by atoms with van der Waals surface area (Å²) in [6, 6.07) is 0. The molecule has 1 saturated heterocycles. The van der Waals surface area contributed by atoms with E-state index in [4.69, 9.17) is 11.6 Å². The molecule has 82 valence electrons. The minimum absolute atomic E-state index is 0.0573. The minimum Gasteiger partial charge on any atom is -0.296 e. The molecule has 0 radical (unpaired) electrons. The molecule has 0 spiro atoms. The van der Waals surface area contributed by atoms with Gasteiger partial charge in [-0.05, 0) is 25.9 Å². The Morgan fingerprint density at radius 1 is 1.53 bits per heavy atom. The summed E-state index contributed by atoms with van der Waals surface area (Å²) in [5, 5.41) is 4.40. The quantitative estimate of drug-likeness (QED) is 0.732. The fourth-order valence-corrected chi connectivity index (χ4v) is 2.21. The van der Waals surface area contributed by atoms with Crippen LogP contribution in [0.5, 0.6) is 0 Å². The van der Waals surface area contributed by atoms with Crippen molar-refractivity contribution < 1.29 is 4.79 Å². The molecule has 1 aromatic rings. The highest BCUT2D eigenvalue weighted by atomic mass is 35.5. The first-order chi connectivity index (χ1) is 7.18. The van der Waals surface area contributed by atoms with Crippen LogP contribution in [-0.2, 0) is 7.05 Å². The Morgan fingerprint density at radius 2 is 2.20 bits per heavy atom. The molecule has 1 aromatic heterocycles. The molecule has 1 aliphatic heterocycles. The van der Waals surface area contributed by atoms with Gasteiger partial charge in [0.1, 0.15) is 5.69 Å². The highest BCUT2D eigenvalue weighted by molar-refractivity contribution is 6.33. The molecular weight excluding hydrogens is 214 g/mol. The third kappa shape index (κ3) is 2.21. The molecule has 2 heterocycles. The normalized spacial score (nSPS) is 17.2. The Kier molecular flexibility index (Phi) is 3.07. The van der Waals surface area contributed by atoms with E-state index in [0.29, 0.717) is 17.3 Å². The van der Waals surface area contributed by atoms with Crippen molar-refractivity contribution in [1.29, 1.82) is 0 Å². The number of rotatable bonds is 3. The van der Waals surface area contributed by atoms with Gasteiger partial charge < -0.3 is 0 Å². The van der Waals surface area contributed by atoms with Crippen LogP contribution in [0, 0.1) is 0 Å². The molecular formula is C10H14ClN3O.